The van der Waals surface area contributed by atoms with Crippen LogP contribution >= 0.6 is 0 Å². The molecule has 18 heavy (non-hydrogen) atoms. The van der Waals surface area contributed by atoms with Gasteiger partial charge >= 0.3 is 5.97 Å². The Kier molecular flexibility index (Phi) is 10.3. The fourth-order valence-corrected chi connectivity index (χ4v) is 0.987. The number of nitrogens with two attached hydrogens (primary N) is 1. The van der Waals surface area contributed by atoms with Crippen LogP contribution in [0, 0.1) is 0 Å². The first kappa shape index (κ1) is 19.0. The third-order valence-corrected chi connectivity index (χ3v) is 1.90. The molecule has 0 fully saturated rings. The highest BCUT2D eigenvalue weighted by molar-refractivity contribution is 5.99. The van der Waals surface area contributed by atoms with Gasteiger partial charge in [0.15, 0.2) is 0 Å². The lowest BCUT2D eigenvalue weighted by Gasteiger charge is -2.11. The second kappa shape index (κ2) is 9.69. The molecule has 7 N–H and O–H groups in total. The molecule has 0 spiro atoms. The SMILES string of the molecule is CCCCN.O.O=C(c1ccccc1)C(O)(O)O. The number of hydrogen-bond acceptors (Lipinski definition) is 5. The molecular formula is C12H21NO5. The van der Waals surface area contributed by atoms with Crippen molar-refractivity contribution in [2.24, 2.45) is 5.73 Å². The summed E-state index contributed by atoms with van der Waals surface area (Å²) in [5, 5.41) is 25.5. The maximum Gasteiger partial charge on any atom is 0.344 e. The molecule has 0 unspecified atom stereocenters. The monoisotopic (exact) mass is 259 g/mol. The second-order valence-corrected chi connectivity index (χ2v) is 3.47. The standard InChI is InChI=1S/C8H8O4.C4H11N.H2O/c9-7(8(10,11)12)6-4-2-1-3-5-6;1-2-3-4-5;/h1-5,10-12H;2-5H2,1H3;1H2. The Morgan fingerprint density at radius 2 is 1.72 bits per heavy atom. The topological polar surface area (TPSA) is 135 Å². The minimum atomic E-state index is -3.28. The van der Waals surface area contributed by atoms with Crippen molar-refractivity contribution in [1.82, 2.24) is 0 Å². The van der Waals surface area contributed by atoms with E-state index in [9.17, 15) is 4.79 Å². The fraction of sp³-hybridized carbons (Fsp3) is 0.417. The van der Waals surface area contributed by atoms with Crippen molar-refractivity contribution in [3.63, 3.8) is 0 Å². The van der Waals surface area contributed by atoms with Crippen molar-refractivity contribution >= 4 is 5.78 Å². The van der Waals surface area contributed by atoms with Crippen LogP contribution in [0.3, 0.4) is 0 Å². The summed E-state index contributed by atoms with van der Waals surface area (Å²) in [6, 6.07) is 7.53. The number of Topliss-reactive ketones (excluding diaryl/α,β-unsaturated/α-hetero) is 1. The third-order valence-electron chi connectivity index (χ3n) is 1.90. The average molecular weight is 259 g/mol. The van der Waals surface area contributed by atoms with Crippen molar-refractivity contribution in [3.8, 4) is 0 Å². The molecule has 0 atom stereocenters. The molecule has 6 nitrogen and oxygen atoms in total. The van der Waals surface area contributed by atoms with E-state index in [2.05, 4.69) is 6.92 Å². The number of aliphatic hydroxyl groups is 3. The van der Waals surface area contributed by atoms with Crippen LogP contribution in [0.5, 0.6) is 0 Å². The Morgan fingerprint density at radius 3 is 2.00 bits per heavy atom. The molecule has 104 valence electrons. The first-order valence-electron chi connectivity index (χ1n) is 5.40. The summed E-state index contributed by atoms with van der Waals surface area (Å²) in [5.41, 5.74) is 5.19. The minimum Gasteiger partial charge on any atom is -0.412 e. The molecule has 0 aliphatic carbocycles. The third kappa shape index (κ3) is 7.88. The van der Waals surface area contributed by atoms with Gasteiger partial charge in [0.05, 0.1) is 0 Å². The van der Waals surface area contributed by atoms with Gasteiger partial charge in [-0.1, -0.05) is 43.7 Å². The lowest BCUT2D eigenvalue weighted by molar-refractivity contribution is -0.267. The molecule has 0 saturated carbocycles. The van der Waals surface area contributed by atoms with Crippen LogP contribution in [0.2, 0.25) is 0 Å². The Morgan fingerprint density at radius 1 is 1.22 bits per heavy atom. The van der Waals surface area contributed by atoms with E-state index in [-0.39, 0.29) is 11.0 Å². The second-order valence-electron chi connectivity index (χ2n) is 3.47. The van der Waals surface area contributed by atoms with Crippen LogP contribution in [-0.2, 0) is 0 Å². The molecule has 0 bridgehead atoms. The molecule has 1 rings (SSSR count). The van der Waals surface area contributed by atoms with Crippen LogP contribution in [0.1, 0.15) is 30.1 Å². The predicted molar refractivity (Wildman–Crippen MR) is 67.7 cm³/mol. The van der Waals surface area contributed by atoms with Crippen molar-refractivity contribution in [3.05, 3.63) is 35.9 Å². The largest absolute Gasteiger partial charge is 0.412 e. The van der Waals surface area contributed by atoms with Gasteiger partial charge in [0.25, 0.3) is 5.78 Å². The highest BCUT2D eigenvalue weighted by Gasteiger charge is 2.30. The van der Waals surface area contributed by atoms with Crippen LogP contribution < -0.4 is 5.73 Å². The summed E-state index contributed by atoms with van der Waals surface area (Å²) in [4.78, 5) is 10.9. The number of ketones is 1. The van der Waals surface area contributed by atoms with Crippen molar-refractivity contribution in [2.75, 3.05) is 6.54 Å². The zero-order valence-electron chi connectivity index (χ0n) is 10.3. The molecule has 6 heteroatoms. The summed E-state index contributed by atoms with van der Waals surface area (Å²) < 4.78 is 0. The van der Waals surface area contributed by atoms with Crippen molar-refractivity contribution in [2.45, 2.75) is 25.7 Å². The number of benzene rings is 1. The minimum absolute atomic E-state index is 0. The fourth-order valence-electron chi connectivity index (χ4n) is 0.987. The Hall–Kier alpha value is -1.31. The molecule has 1 aromatic rings. The van der Waals surface area contributed by atoms with Gasteiger partial charge in [-0.05, 0) is 13.0 Å². The van der Waals surface area contributed by atoms with Crippen LogP contribution in [0.25, 0.3) is 0 Å². The van der Waals surface area contributed by atoms with E-state index in [1.165, 1.54) is 25.0 Å². The Labute approximate surface area is 106 Å². The first-order chi connectivity index (χ1) is 7.93. The lowest BCUT2D eigenvalue weighted by atomic mass is 10.1. The highest BCUT2D eigenvalue weighted by atomic mass is 16.7. The Bertz CT molecular complexity index is 319. The van der Waals surface area contributed by atoms with Crippen LogP contribution in [0.15, 0.2) is 30.3 Å². The van der Waals surface area contributed by atoms with E-state index in [0.29, 0.717) is 0 Å². The lowest BCUT2D eigenvalue weighted by Crippen LogP contribution is -2.37. The van der Waals surface area contributed by atoms with Gasteiger partial charge < -0.3 is 26.5 Å². The average Bonchev–Trinajstić information content (AvgIpc) is 2.30. The first-order valence-corrected chi connectivity index (χ1v) is 5.40. The van der Waals surface area contributed by atoms with Gasteiger partial charge in [0, 0.05) is 5.56 Å². The maximum absolute atomic E-state index is 10.9. The quantitative estimate of drug-likeness (QED) is 0.424. The number of carbonyl (C=O) groups excluding carboxylic acids is 1. The zero-order chi connectivity index (χ0) is 13.3. The van der Waals surface area contributed by atoms with E-state index < -0.39 is 11.8 Å². The summed E-state index contributed by atoms with van der Waals surface area (Å²) >= 11 is 0. The van der Waals surface area contributed by atoms with Gasteiger partial charge in [-0.3, -0.25) is 4.79 Å². The number of hydrogen-bond donors (Lipinski definition) is 4. The summed E-state index contributed by atoms with van der Waals surface area (Å²) in [7, 11) is 0. The van der Waals surface area contributed by atoms with E-state index in [0.717, 1.165) is 6.54 Å². The summed E-state index contributed by atoms with van der Waals surface area (Å²) in [5.74, 6) is -4.41. The highest BCUT2D eigenvalue weighted by Crippen LogP contribution is 2.07. The van der Waals surface area contributed by atoms with Gasteiger partial charge in [0.2, 0.25) is 0 Å². The van der Waals surface area contributed by atoms with Crippen molar-refractivity contribution < 1.29 is 25.6 Å². The molecule has 0 aromatic heterocycles. The van der Waals surface area contributed by atoms with E-state index in [1.807, 2.05) is 0 Å². The van der Waals surface area contributed by atoms with Gasteiger partial charge in [0.1, 0.15) is 0 Å². The van der Waals surface area contributed by atoms with E-state index in [4.69, 9.17) is 21.1 Å². The molecule has 0 aliphatic rings. The molecule has 0 radical (unpaired) electrons. The van der Waals surface area contributed by atoms with Crippen LogP contribution in [0.4, 0.5) is 0 Å². The van der Waals surface area contributed by atoms with Gasteiger partial charge in [-0.15, -0.1) is 0 Å². The molecule has 0 saturated heterocycles. The smallest absolute Gasteiger partial charge is 0.344 e. The molecule has 0 aliphatic heterocycles. The number of rotatable bonds is 4. The van der Waals surface area contributed by atoms with Crippen LogP contribution in [-0.4, -0.2) is 39.1 Å². The number of carbonyl (C=O) groups is 1. The Balaban J connectivity index is 0. The zero-order valence-corrected chi connectivity index (χ0v) is 10.3. The van der Waals surface area contributed by atoms with E-state index in [1.54, 1.807) is 18.2 Å². The normalized spacial score (nSPS) is 9.83. The molecule has 0 heterocycles. The van der Waals surface area contributed by atoms with E-state index >= 15 is 0 Å². The molecule has 1 aromatic carbocycles. The predicted octanol–water partition coefficient (Wildman–Crippen LogP) is -0.579. The van der Waals surface area contributed by atoms with Gasteiger partial charge in [-0.25, -0.2) is 0 Å². The molecule has 0 amide bonds. The summed E-state index contributed by atoms with van der Waals surface area (Å²) in [6.45, 7) is 2.98. The molecular weight excluding hydrogens is 238 g/mol. The van der Waals surface area contributed by atoms with Gasteiger partial charge in [-0.2, -0.15) is 0 Å². The number of unbranched alkanes of at least 4 members (excludes halogenated alkanes) is 1. The maximum atomic E-state index is 10.9. The van der Waals surface area contributed by atoms with Crippen molar-refractivity contribution in [1.29, 1.82) is 0 Å². The summed E-state index contributed by atoms with van der Waals surface area (Å²) in [6.07, 6.45) is 2.39.